The molecule has 0 aliphatic heterocycles. The molecule has 0 heterocycles. The smallest absolute Gasteiger partial charge is 0.224 e. The predicted molar refractivity (Wildman–Crippen MR) is 69.0 cm³/mol. The third-order valence-corrected chi connectivity index (χ3v) is 2.54. The van der Waals surface area contributed by atoms with E-state index >= 15 is 0 Å². The zero-order chi connectivity index (χ0) is 12.5. The van der Waals surface area contributed by atoms with E-state index in [1.165, 1.54) is 5.56 Å². The number of ether oxygens (including phenoxy) is 1. The maximum atomic E-state index is 11.6. The van der Waals surface area contributed by atoms with E-state index in [2.05, 4.69) is 5.32 Å². The Morgan fingerprint density at radius 1 is 1.35 bits per heavy atom. The molecule has 3 heteroatoms. The zero-order valence-electron chi connectivity index (χ0n) is 10.7. The number of hydrogen-bond donors (Lipinski definition) is 1. The molecule has 1 amide bonds. The number of carbonyl (C=O) groups excluding carboxylic acids is 1. The van der Waals surface area contributed by atoms with Crippen molar-refractivity contribution in [2.45, 2.75) is 26.2 Å². The molecule has 0 radical (unpaired) electrons. The van der Waals surface area contributed by atoms with E-state index in [0.717, 1.165) is 31.6 Å². The molecule has 0 atom stereocenters. The number of nitrogens with one attached hydrogen (secondary N) is 1. The Morgan fingerprint density at radius 3 is 2.88 bits per heavy atom. The maximum Gasteiger partial charge on any atom is 0.224 e. The molecule has 1 aromatic rings. The zero-order valence-corrected chi connectivity index (χ0v) is 10.7. The second-order valence-electron chi connectivity index (χ2n) is 4.22. The third-order valence-electron chi connectivity index (χ3n) is 2.54. The number of rotatable bonds is 7. The lowest BCUT2D eigenvalue weighted by Gasteiger charge is -2.05. The molecule has 1 N–H and O–H groups in total. The third kappa shape index (κ3) is 6.07. The highest BCUT2D eigenvalue weighted by molar-refractivity contribution is 5.78. The largest absolute Gasteiger partial charge is 0.385 e. The van der Waals surface area contributed by atoms with Crippen LogP contribution in [0.5, 0.6) is 0 Å². The number of amides is 1. The van der Waals surface area contributed by atoms with E-state index in [0.29, 0.717) is 6.42 Å². The van der Waals surface area contributed by atoms with Gasteiger partial charge in [-0.3, -0.25) is 4.79 Å². The molecule has 0 aliphatic rings. The minimum Gasteiger partial charge on any atom is -0.385 e. The van der Waals surface area contributed by atoms with Crippen molar-refractivity contribution in [2.24, 2.45) is 0 Å². The molecule has 0 aliphatic carbocycles. The Balaban J connectivity index is 2.21. The normalized spacial score (nSPS) is 10.2. The first kappa shape index (κ1) is 13.7. The van der Waals surface area contributed by atoms with Gasteiger partial charge in [0.05, 0.1) is 6.42 Å². The average molecular weight is 235 g/mol. The van der Waals surface area contributed by atoms with Crippen LogP contribution < -0.4 is 5.32 Å². The predicted octanol–water partition coefficient (Wildman–Crippen LogP) is 2.08. The first-order valence-electron chi connectivity index (χ1n) is 6.03. The lowest BCUT2D eigenvalue weighted by Crippen LogP contribution is -2.26. The lowest BCUT2D eigenvalue weighted by atomic mass is 10.1. The van der Waals surface area contributed by atoms with Gasteiger partial charge >= 0.3 is 0 Å². The highest BCUT2D eigenvalue weighted by Crippen LogP contribution is 2.04. The van der Waals surface area contributed by atoms with Gasteiger partial charge in [0.15, 0.2) is 0 Å². The van der Waals surface area contributed by atoms with Crippen molar-refractivity contribution in [3.63, 3.8) is 0 Å². The first-order valence-corrected chi connectivity index (χ1v) is 6.03. The molecule has 1 rings (SSSR count). The standard InChI is InChI=1S/C14H21NO2/c1-12-6-5-7-13(10-12)11-14(16)15-8-3-4-9-17-2/h5-7,10H,3-4,8-9,11H2,1-2H3,(H,15,16). The fourth-order valence-corrected chi connectivity index (χ4v) is 1.67. The fourth-order valence-electron chi connectivity index (χ4n) is 1.67. The van der Waals surface area contributed by atoms with Crippen LogP contribution in [0, 0.1) is 6.92 Å². The molecule has 0 spiro atoms. The molecule has 0 aromatic heterocycles. The molecule has 17 heavy (non-hydrogen) atoms. The van der Waals surface area contributed by atoms with Gasteiger partial charge in [-0.15, -0.1) is 0 Å². The summed E-state index contributed by atoms with van der Waals surface area (Å²) in [5, 5.41) is 2.92. The highest BCUT2D eigenvalue weighted by atomic mass is 16.5. The van der Waals surface area contributed by atoms with E-state index in [9.17, 15) is 4.79 Å². The van der Waals surface area contributed by atoms with Crippen molar-refractivity contribution in [1.82, 2.24) is 5.32 Å². The summed E-state index contributed by atoms with van der Waals surface area (Å²) in [4.78, 5) is 11.6. The topological polar surface area (TPSA) is 38.3 Å². The summed E-state index contributed by atoms with van der Waals surface area (Å²) in [6, 6.07) is 8.05. The van der Waals surface area contributed by atoms with E-state index in [-0.39, 0.29) is 5.91 Å². The van der Waals surface area contributed by atoms with E-state index in [1.807, 2.05) is 31.2 Å². The van der Waals surface area contributed by atoms with E-state index < -0.39 is 0 Å². The van der Waals surface area contributed by atoms with Crippen LogP contribution >= 0.6 is 0 Å². The second kappa shape index (κ2) is 7.85. The van der Waals surface area contributed by atoms with Gasteiger partial charge in [-0.2, -0.15) is 0 Å². The van der Waals surface area contributed by atoms with Crippen molar-refractivity contribution >= 4 is 5.91 Å². The molecule has 0 fully saturated rings. The Morgan fingerprint density at radius 2 is 2.18 bits per heavy atom. The molecular weight excluding hydrogens is 214 g/mol. The number of unbranched alkanes of at least 4 members (excludes halogenated alkanes) is 1. The van der Waals surface area contributed by atoms with Crippen molar-refractivity contribution in [3.8, 4) is 0 Å². The van der Waals surface area contributed by atoms with Gasteiger partial charge in [0.2, 0.25) is 5.91 Å². The number of carbonyl (C=O) groups is 1. The second-order valence-corrected chi connectivity index (χ2v) is 4.22. The summed E-state index contributed by atoms with van der Waals surface area (Å²) >= 11 is 0. The monoisotopic (exact) mass is 235 g/mol. The molecule has 94 valence electrons. The molecule has 0 saturated heterocycles. The summed E-state index contributed by atoms with van der Waals surface area (Å²) in [6.45, 7) is 3.52. The van der Waals surface area contributed by atoms with Crippen molar-refractivity contribution in [3.05, 3.63) is 35.4 Å². The summed E-state index contributed by atoms with van der Waals surface area (Å²) in [6.07, 6.45) is 2.42. The van der Waals surface area contributed by atoms with Gasteiger partial charge in [0, 0.05) is 20.3 Å². The number of hydrogen-bond acceptors (Lipinski definition) is 2. The van der Waals surface area contributed by atoms with Crippen molar-refractivity contribution in [1.29, 1.82) is 0 Å². The van der Waals surface area contributed by atoms with Crippen molar-refractivity contribution in [2.75, 3.05) is 20.3 Å². The van der Waals surface area contributed by atoms with Crippen LogP contribution in [0.15, 0.2) is 24.3 Å². The number of aryl methyl sites for hydroxylation is 1. The summed E-state index contributed by atoms with van der Waals surface area (Å²) in [7, 11) is 1.69. The highest BCUT2D eigenvalue weighted by Gasteiger charge is 2.02. The van der Waals surface area contributed by atoms with Crippen LogP contribution in [0.2, 0.25) is 0 Å². The molecule has 1 aromatic carbocycles. The van der Waals surface area contributed by atoms with Crippen LogP contribution in [0.4, 0.5) is 0 Å². The number of methoxy groups -OCH3 is 1. The molecule has 0 saturated carbocycles. The summed E-state index contributed by atoms with van der Waals surface area (Å²) in [5.74, 6) is 0.0908. The van der Waals surface area contributed by atoms with Gasteiger partial charge in [0.25, 0.3) is 0 Å². The van der Waals surface area contributed by atoms with E-state index in [1.54, 1.807) is 7.11 Å². The molecular formula is C14H21NO2. The molecule has 0 bridgehead atoms. The van der Waals surface area contributed by atoms with Crippen LogP contribution in [-0.2, 0) is 16.0 Å². The van der Waals surface area contributed by atoms with Crippen LogP contribution in [-0.4, -0.2) is 26.2 Å². The van der Waals surface area contributed by atoms with Gasteiger partial charge < -0.3 is 10.1 Å². The van der Waals surface area contributed by atoms with Crippen LogP contribution in [0.25, 0.3) is 0 Å². The minimum atomic E-state index is 0.0908. The van der Waals surface area contributed by atoms with E-state index in [4.69, 9.17) is 4.74 Å². The fraction of sp³-hybridized carbons (Fsp3) is 0.500. The average Bonchev–Trinajstić information content (AvgIpc) is 2.29. The Kier molecular flexibility index (Phi) is 6.33. The SMILES string of the molecule is COCCCCNC(=O)Cc1cccc(C)c1. The van der Waals surface area contributed by atoms with Gasteiger partial charge in [-0.25, -0.2) is 0 Å². The van der Waals surface area contributed by atoms with Crippen LogP contribution in [0.3, 0.4) is 0 Å². The number of benzene rings is 1. The summed E-state index contributed by atoms with van der Waals surface area (Å²) < 4.78 is 4.94. The van der Waals surface area contributed by atoms with Gasteiger partial charge in [0.1, 0.15) is 0 Å². The molecule has 3 nitrogen and oxygen atoms in total. The van der Waals surface area contributed by atoms with Gasteiger partial charge in [-0.05, 0) is 25.3 Å². The Bertz CT molecular complexity index is 350. The molecule has 0 unspecified atom stereocenters. The Labute approximate surface area is 103 Å². The van der Waals surface area contributed by atoms with Gasteiger partial charge in [-0.1, -0.05) is 29.8 Å². The first-order chi connectivity index (χ1) is 8.22. The quantitative estimate of drug-likeness (QED) is 0.735. The maximum absolute atomic E-state index is 11.6. The van der Waals surface area contributed by atoms with Crippen LogP contribution in [0.1, 0.15) is 24.0 Å². The van der Waals surface area contributed by atoms with Crippen molar-refractivity contribution < 1.29 is 9.53 Å². The Hall–Kier alpha value is -1.35. The minimum absolute atomic E-state index is 0.0908. The lowest BCUT2D eigenvalue weighted by molar-refractivity contribution is -0.120. The summed E-state index contributed by atoms with van der Waals surface area (Å²) in [5.41, 5.74) is 2.26.